The van der Waals surface area contributed by atoms with Crippen LogP contribution in [0.4, 0.5) is 0 Å². The minimum atomic E-state index is 0.475. The molecule has 0 aliphatic heterocycles. The molecule has 0 radical (unpaired) electrons. The summed E-state index contributed by atoms with van der Waals surface area (Å²) in [5.74, 6) is 0.475. The molecule has 0 nitrogen and oxygen atoms in total. The minimum Gasteiger partial charge on any atom is -0.148 e. The van der Waals surface area contributed by atoms with Crippen molar-refractivity contribution in [3.63, 3.8) is 0 Å². The Morgan fingerprint density at radius 3 is 2.65 bits per heavy atom. The van der Waals surface area contributed by atoms with E-state index in [-0.39, 0.29) is 0 Å². The van der Waals surface area contributed by atoms with Crippen LogP contribution >= 0.6 is 12.6 Å². The topological polar surface area (TPSA) is 0 Å². The van der Waals surface area contributed by atoms with E-state index < -0.39 is 0 Å². The van der Waals surface area contributed by atoms with Crippen molar-refractivity contribution in [1.82, 2.24) is 0 Å². The molecule has 0 spiro atoms. The Balaban J connectivity index is 3.84. The third-order valence-corrected chi connectivity index (χ3v) is 2.63. The normalized spacial score (nSPS) is 15.1. The Hall–Kier alpha value is -0.950. The van der Waals surface area contributed by atoms with Crippen molar-refractivity contribution in [3.8, 4) is 0 Å². The molecule has 0 aliphatic rings. The maximum atomic E-state index is 4.41. The van der Waals surface area contributed by atoms with Crippen LogP contribution in [0, 0.1) is 5.92 Å². The molecule has 0 aromatic heterocycles. The number of rotatable bonds is 8. The summed E-state index contributed by atoms with van der Waals surface area (Å²) in [6.45, 7) is 7.94. The van der Waals surface area contributed by atoms with Crippen LogP contribution < -0.4 is 0 Å². The van der Waals surface area contributed by atoms with Gasteiger partial charge in [-0.25, -0.2) is 0 Å². The standard InChI is InChI=1S/C16H24S/c1-4-6-7-8-12-15(3)13-9-10-14-16(17)11-5-2/h4,6-9,11-13,15,17H,1,5,10,14H2,2-3H3/b7-6-,12-8+,13-9-,16-11+. The molecule has 0 rings (SSSR count). The van der Waals surface area contributed by atoms with E-state index in [9.17, 15) is 0 Å². The molecule has 0 bridgehead atoms. The Kier molecular flexibility index (Phi) is 10.9. The Morgan fingerprint density at radius 2 is 2.00 bits per heavy atom. The third kappa shape index (κ3) is 11.3. The molecule has 94 valence electrons. The molecule has 0 amide bonds. The van der Waals surface area contributed by atoms with Crippen LogP contribution in [0.1, 0.15) is 33.1 Å². The summed E-state index contributed by atoms with van der Waals surface area (Å²) in [6, 6.07) is 0. The zero-order chi connectivity index (χ0) is 12.9. The highest BCUT2D eigenvalue weighted by Gasteiger charge is 1.90. The van der Waals surface area contributed by atoms with Crippen LogP contribution in [0.25, 0.3) is 0 Å². The highest BCUT2D eigenvalue weighted by Crippen LogP contribution is 2.11. The maximum Gasteiger partial charge on any atom is -0.00788 e. The summed E-state index contributed by atoms with van der Waals surface area (Å²) in [5.41, 5.74) is 0. The van der Waals surface area contributed by atoms with Gasteiger partial charge in [0.15, 0.2) is 0 Å². The second-order valence-electron chi connectivity index (χ2n) is 3.94. The van der Waals surface area contributed by atoms with Crippen molar-refractivity contribution in [2.45, 2.75) is 33.1 Å². The first-order chi connectivity index (χ1) is 8.20. The van der Waals surface area contributed by atoms with Crippen molar-refractivity contribution in [1.29, 1.82) is 0 Å². The average Bonchev–Trinajstić information content (AvgIpc) is 2.31. The maximum absolute atomic E-state index is 4.41. The molecule has 0 fully saturated rings. The molecule has 0 saturated heterocycles. The van der Waals surface area contributed by atoms with Gasteiger partial charge in [0, 0.05) is 0 Å². The van der Waals surface area contributed by atoms with E-state index in [2.05, 4.69) is 63.4 Å². The van der Waals surface area contributed by atoms with Gasteiger partial charge >= 0.3 is 0 Å². The lowest BCUT2D eigenvalue weighted by atomic mass is 10.1. The molecule has 1 atom stereocenters. The largest absolute Gasteiger partial charge is 0.148 e. The van der Waals surface area contributed by atoms with E-state index in [4.69, 9.17) is 0 Å². The summed E-state index contributed by atoms with van der Waals surface area (Å²) >= 11 is 4.41. The Bertz CT molecular complexity index is 305. The molecule has 1 unspecified atom stereocenters. The van der Waals surface area contributed by atoms with Crippen molar-refractivity contribution in [2.24, 2.45) is 5.92 Å². The van der Waals surface area contributed by atoms with Crippen LogP contribution in [0.15, 0.2) is 60.1 Å². The third-order valence-electron chi connectivity index (χ3n) is 2.22. The van der Waals surface area contributed by atoms with Gasteiger partial charge in [0.1, 0.15) is 0 Å². The van der Waals surface area contributed by atoms with Gasteiger partial charge in [-0.05, 0) is 30.1 Å². The second kappa shape index (κ2) is 11.5. The monoisotopic (exact) mass is 248 g/mol. The van der Waals surface area contributed by atoms with E-state index >= 15 is 0 Å². The van der Waals surface area contributed by atoms with Gasteiger partial charge in [0.2, 0.25) is 0 Å². The molecule has 0 heterocycles. The first kappa shape index (κ1) is 16.1. The van der Waals surface area contributed by atoms with Gasteiger partial charge in [-0.1, -0.05) is 69.0 Å². The summed E-state index contributed by atoms with van der Waals surface area (Å²) in [6.07, 6.45) is 19.7. The Morgan fingerprint density at radius 1 is 1.24 bits per heavy atom. The molecular formula is C16H24S. The zero-order valence-corrected chi connectivity index (χ0v) is 11.9. The summed E-state index contributed by atoms with van der Waals surface area (Å²) < 4.78 is 0. The van der Waals surface area contributed by atoms with Crippen LogP contribution in [-0.4, -0.2) is 0 Å². The highest BCUT2D eigenvalue weighted by molar-refractivity contribution is 7.84. The molecule has 0 aliphatic carbocycles. The fourth-order valence-electron chi connectivity index (χ4n) is 1.33. The number of hydrogen-bond donors (Lipinski definition) is 1. The van der Waals surface area contributed by atoms with Gasteiger partial charge in [-0.3, -0.25) is 0 Å². The van der Waals surface area contributed by atoms with Crippen molar-refractivity contribution in [3.05, 3.63) is 60.1 Å². The van der Waals surface area contributed by atoms with E-state index in [0.717, 1.165) is 19.3 Å². The van der Waals surface area contributed by atoms with Crippen molar-refractivity contribution in [2.75, 3.05) is 0 Å². The predicted molar refractivity (Wildman–Crippen MR) is 83.4 cm³/mol. The SMILES string of the molecule is C=C/C=C\C=C\C(C)/C=C\CC/C(S)=C\CC. The molecule has 1 heteroatoms. The lowest BCUT2D eigenvalue weighted by molar-refractivity contribution is 0.918. The average molecular weight is 248 g/mol. The van der Waals surface area contributed by atoms with Crippen LogP contribution in [-0.2, 0) is 0 Å². The van der Waals surface area contributed by atoms with E-state index in [1.54, 1.807) is 6.08 Å². The lowest BCUT2D eigenvalue weighted by Gasteiger charge is -1.98. The fraction of sp³-hybridized carbons (Fsp3) is 0.375. The van der Waals surface area contributed by atoms with Crippen LogP contribution in [0.5, 0.6) is 0 Å². The Labute approximate surface area is 112 Å². The first-order valence-electron chi connectivity index (χ1n) is 6.21. The first-order valence-corrected chi connectivity index (χ1v) is 6.66. The minimum absolute atomic E-state index is 0.475. The van der Waals surface area contributed by atoms with Gasteiger partial charge in [-0.2, -0.15) is 0 Å². The van der Waals surface area contributed by atoms with Crippen molar-refractivity contribution >= 4 is 12.6 Å². The smallest absolute Gasteiger partial charge is 0.00788 e. The number of allylic oxidation sites excluding steroid dienone is 9. The highest BCUT2D eigenvalue weighted by atomic mass is 32.1. The summed E-state index contributed by atoms with van der Waals surface area (Å²) in [4.78, 5) is 1.19. The van der Waals surface area contributed by atoms with Crippen LogP contribution in [0.3, 0.4) is 0 Å². The van der Waals surface area contributed by atoms with Gasteiger partial charge in [0.05, 0.1) is 0 Å². The van der Waals surface area contributed by atoms with Crippen molar-refractivity contribution < 1.29 is 0 Å². The molecule has 0 N–H and O–H groups in total. The predicted octanol–water partition coefficient (Wildman–Crippen LogP) is 5.48. The van der Waals surface area contributed by atoms with Crippen LogP contribution in [0.2, 0.25) is 0 Å². The van der Waals surface area contributed by atoms with E-state index in [0.29, 0.717) is 5.92 Å². The quantitative estimate of drug-likeness (QED) is 0.328. The van der Waals surface area contributed by atoms with Gasteiger partial charge < -0.3 is 0 Å². The molecule has 17 heavy (non-hydrogen) atoms. The van der Waals surface area contributed by atoms with Gasteiger partial charge in [-0.15, -0.1) is 12.6 Å². The lowest BCUT2D eigenvalue weighted by Crippen LogP contribution is -1.81. The fourth-order valence-corrected chi connectivity index (χ4v) is 1.64. The number of hydrogen-bond acceptors (Lipinski definition) is 1. The van der Waals surface area contributed by atoms with Gasteiger partial charge in [0.25, 0.3) is 0 Å². The van der Waals surface area contributed by atoms with E-state index in [1.165, 1.54) is 4.91 Å². The molecule has 0 saturated carbocycles. The number of thiol groups is 1. The zero-order valence-electron chi connectivity index (χ0n) is 11.0. The molecule has 0 aromatic carbocycles. The second-order valence-corrected chi connectivity index (χ2v) is 4.51. The van der Waals surface area contributed by atoms with E-state index in [1.807, 2.05) is 12.2 Å². The molecular weight excluding hydrogens is 224 g/mol. The molecule has 0 aromatic rings. The summed E-state index contributed by atoms with van der Waals surface area (Å²) in [7, 11) is 0. The summed E-state index contributed by atoms with van der Waals surface area (Å²) in [5, 5.41) is 0.